The molecule has 1 aromatic rings. The normalized spacial score (nSPS) is 23.4. The van der Waals surface area contributed by atoms with Crippen LogP contribution in [0.5, 0.6) is 0 Å². The average Bonchev–Trinajstić information content (AvgIpc) is 2.40. The Morgan fingerprint density at radius 1 is 1.42 bits per heavy atom. The molecule has 0 bridgehead atoms. The number of nitrogens with one attached hydrogen (secondary N) is 1. The van der Waals surface area contributed by atoms with Gasteiger partial charge in [0.05, 0.1) is 0 Å². The fourth-order valence-corrected chi connectivity index (χ4v) is 3.18. The lowest BCUT2D eigenvalue weighted by molar-refractivity contribution is 0.336. The molecule has 106 valence electrons. The molecule has 1 fully saturated rings. The van der Waals surface area contributed by atoms with Gasteiger partial charge in [0.15, 0.2) is 0 Å². The number of nitrogens with zero attached hydrogens (tertiary/aromatic N) is 2. The Morgan fingerprint density at radius 2 is 2.21 bits per heavy atom. The highest BCUT2D eigenvalue weighted by molar-refractivity contribution is 5.54. The summed E-state index contributed by atoms with van der Waals surface area (Å²) >= 11 is 0. The Balaban J connectivity index is 2.21. The molecule has 2 unspecified atom stereocenters. The van der Waals surface area contributed by atoms with E-state index in [1.54, 1.807) is 0 Å². The second-order valence-corrected chi connectivity index (χ2v) is 6.02. The lowest BCUT2D eigenvalue weighted by atomic mass is 9.86. The first-order chi connectivity index (χ1) is 9.11. The molecule has 1 saturated carbocycles. The van der Waals surface area contributed by atoms with Crippen LogP contribution in [0.25, 0.3) is 0 Å². The van der Waals surface area contributed by atoms with Crippen LogP contribution >= 0.6 is 0 Å². The Labute approximate surface area is 117 Å². The maximum Gasteiger partial charge on any atom is 0.0445 e. The third-order valence-electron chi connectivity index (χ3n) is 4.30. The third kappa shape index (κ3) is 3.47. The van der Waals surface area contributed by atoms with Crippen LogP contribution in [0.2, 0.25) is 0 Å². The van der Waals surface area contributed by atoms with Crippen LogP contribution in [0.4, 0.5) is 5.69 Å². The molecule has 1 aromatic heterocycles. The average molecular weight is 261 g/mol. The van der Waals surface area contributed by atoms with Crippen molar-refractivity contribution in [1.82, 2.24) is 10.3 Å². The van der Waals surface area contributed by atoms with Gasteiger partial charge in [0.1, 0.15) is 0 Å². The molecule has 1 aliphatic carbocycles. The maximum atomic E-state index is 4.43. The van der Waals surface area contributed by atoms with E-state index in [4.69, 9.17) is 0 Å². The summed E-state index contributed by atoms with van der Waals surface area (Å²) in [4.78, 5) is 6.92. The van der Waals surface area contributed by atoms with Crippen molar-refractivity contribution in [3.8, 4) is 0 Å². The van der Waals surface area contributed by atoms with Crippen molar-refractivity contribution in [3.63, 3.8) is 0 Å². The van der Waals surface area contributed by atoms with Crippen LogP contribution in [0.3, 0.4) is 0 Å². The highest BCUT2D eigenvalue weighted by atomic mass is 15.1. The molecule has 0 aliphatic heterocycles. The van der Waals surface area contributed by atoms with E-state index in [2.05, 4.69) is 42.2 Å². The molecule has 0 spiro atoms. The molecular formula is C16H27N3. The molecule has 1 N–H and O–H groups in total. The zero-order valence-electron chi connectivity index (χ0n) is 12.7. The Hall–Kier alpha value is -1.09. The van der Waals surface area contributed by atoms with Gasteiger partial charge >= 0.3 is 0 Å². The van der Waals surface area contributed by atoms with Gasteiger partial charge in [-0.05, 0) is 38.8 Å². The van der Waals surface area contributed by atoms with E-state index in [-0.39, 0.29) is 0 Å². The first kappa shape index (κ1) is 14.3. The van der Waals surface area contributed by atoms with Crippen LogP contribution in [-0.4, -0.2) is 25.1 Å². The van der Waals surface area contributed by atoms with Crippen molar-refractivity contribution < 1.29 is 0 Å². The minimum Gasteiger partial charge on any atom is -0.371 e. The number of aryl methyl sites for hydroxylation is 1. The van der Waals surface area contributed by atoms with Crippen LogP contribution < -0.4 is 10.2 Å². The highest BCUT2D eigenvalue weighted by Crippen LogP contribution is 2.31. The molecular weight excluding hydrogens is 234 g/mol. The van der Waals surface area contributed by atoms with Gasteiger partial charge in [0.2, 0.25) is 0 Å². The first-order valence-electron chi connectivity index (χ1n) is 7.44. The van der Waals surface area contributed by atoms with Gasteiger partial charge in [-0.1, -0.05) is 19.8 Å². The molecule has 0 radical (unpaired) electrons. The SMILES string of the molecule is CNCc1cnc(C)cc1N(C)C1CCCC(C)C1. The molecule has 1 aliphatic rings. The summed E-state index contributed by atoms with van der Waals surface area (Å²) in [6.45, 7) is 5.34. The van der Waals surface area contributed by atoms with Gasteiger partial charge in [-0.2, -0.15) is 0 Å². The quantitative estimate of drug-likeness (QED) is 0.902. The zero-order valence-corrected chi connectivity index (χ0v) is 12.7. The van der Waals surface area contributed by atoms with Gasteiger partial charge in [0, 0.05) is 42.8 Å². The van der Waals surface area contributed by atoms with E-state index in [1.165, 1.54) is 36.9 Å². The molecule has 3 heteroatoms. The van der Waals surface area contributed by atoms with Crippen LogP contribution in [-0.2, 0) is 6.54 Å². The summed E-state index contributed by atoms with van der Waals surface area (Å²) in [5.41, 5.74) is 3.75. The Bertz CT molecular complexity index is 416. The van der Waals surface area contributed by atoms with Crippen molar-refractivity contribution in [3.05, 3.63) is 23.5 Å². The Kier molecular flexibility index (Phi) is 4.81. The van der Waals surface area contributed by atoms with E-state index >= 15 is 0 Å². The van der Waals surface area contributed by atoms with Crippen LogP contribution in [0.1, 0.15) is 43.9 Å². The number of rotatable bonds is 4. The molecule has 0 amide bonds. The van der Waals surface area contributed by atoms with Crippen molar-refractivity contribution in [1.29, 1.82) is 0 Å². The van der Waals surface area contributed by atoms with Gasteiger partial charge in [-0.3, -0.25) is 4.98 Å². The summed E-state index contributed by atoms with van der Waals surface area (Å²) in [6, 6.07) is 2.91. The van der Waals surface area contributed by atoms with Crippen molar-refractivity contribution >= 4 is 5.69 Å². The number of aromatic nitrogens is 1. The number of anilines is 1. The molecule has 2 rings (SSSR count). The van der Waals surface area contributed by atoms with Crippen molar-refractivity contribution in [2.24, 2.45) is 5.92 Å². The van der Waals surface area contributed by atoms with E-state index in [1.807, 2.05) is 13.2 Å². The van der Waals surface area contributed by atoms with E-state index < -0.39 is 0 Å². The van der Waals surface area contributed by atoms with Gasteiger partial charge in [-0.25, -0.2) is 0 Å². The van der Waals surface area contributed by atoms with E-state index in [0.29, 0.717) is 6.04 Å². The second-order valence-electron chi connectivity index (χ2n) is 6.02. The third-order valence-corrected chi connectivity index (χ3v) is 4.30. The first-order valence-corrected chi connectivity index (χ1v) is 7.44. The predicted molar refractivity (Wildman–Crippen MR) is 81.6 cm³/mol. The van der Waals surface area contributed by atoms with Crippen LogP contribution in [0, 0.1) is 12.8 Å². The molecule has 0 saturated heterocycles. The second kappa shape index (κ2) is 6.38. The monoisotopic (exact) mass is 261 g/mol. The minimum atomic E-state index is 0.682. The summed E-state index contributed by atoms with van der Waals surface area (Å²) in [6.07, 6.45) is 7.41. The molecule has 0 aromatic carbocycles. The molecule has 2 atom stereocenters. The van der Waals surface area contributed by atoms with E-state index in [0.717, 1.165) is 18.2 Å². The van der Waals surface area contributed by atoms with Crippen LogP contribution in [0.15, 0.2) is 12.3 Å². The summed E-state index contributed by atoms with van der Waals surface area (Å²) in [7, 11) is 4.24. The van der Waals surface area contributed by atoms with E-state index in [9.17, 15) is 0 Å². The number of pyridine rings is 1. The lowest BCUT2D eigenvalue weighted by Crippen LogP contribution is -2.36. The smallest absolute Gasteiger partial charge is 0.0445 e. The van der Waals surface area contributed by atoms with Gasteiger partial charge < -0.3 is 10.2 Å². The van der Waals surface area contributed by atoms with Gasteiger partial charge in [-0.15, -0.1) is 0 Å². The number of hydrogen-bond donors (Lipinski definition) is 1. The van der Waals surface area contributed by atoms with Crippen molar-refractivity contribution in [2.45, 2.75) is 52.1 Å². The topological polar surface area (TPSA) is 28.2 Å². The Morgan fingerprint density at radius 3 is 2.89 bits per heavy atom. The summed E-state index contributed by atoms with van der Waals surface area (Å²) in [5, 5.41) is 3.24. The maximum absolute atomic E-state index is 4.43. The molecule has 3 nitrogen and oxygen atoms in total. The van der Waals surface area contributed by atoms with Crippen molar-refractivity contribution in [2.75, 3.05) is 19.0 Å². The van der Waals surface area contributed by atoms with Gasteiger partial charge in [0.25, 0.3) is 0 Å². The predicted octanol–water partition coefficient (Wildman–Crippen LogP) is 3.12. The zero-order chi connectivity index (χ0) is 13.8. The fourth-order valence-electron chi connectivity index (χ4n) is 3.18. The largest absolute Gasteiger partial charge is 0.371 e. The summed E-state index contributed by atoms with van der Waals surface area (Å²) in [5.74, 6) is 0.858. The highest BCUT2D eigenvalue weighted by Gasteiger charge is 2.23. The lowest BCUT2D eigenvalue weighted by Gasteiger charge is -2.36. The minimum absolute atomic E-state index is 0.682. The fraction of sp³-hybridized carbons (Fsp3) is 0.688. The standard InChI is InChI=1S/C16H27N3/c1-12-6-5-7-15(8-12)19(4)16-9-13(2)18-11-14(16)10-17-3/h9,11-12,15,17H,5-8,10H2,1-4H3. The molecule has 1 heterocycles. The summed E-state index contributed by atoms with van der Waals surface area (Å²) < 4.78 is 0. The number of hydrogen-bond acceptors (Lipinski definition) is 3. The molecule has 19 heavy (non-hydrogen) atoms.